The van der Waals surface area contributed by atoms with Gasteiger partial charge < -0.3 is 20.7 Å². The van der Waals surface area contributed by atoms with Crippen LogP contribution in [0.5, 0.6) is 0 Å². The Balaban J connectivity index is 2.70. The minimum atomic E-state index is -0.773. The van der Waals surface area contributed by atoms with Crippen LogP contribution in [-0.2, 0) is 14.3 Å². The summed E-state index contributed by atoms with van der Waals surface area (Å²) in [4.78, 5) is 35.0. The van der Waals surface area contributed by atoms with Gasteiger partial charge >= 0.3 is 6.09 Å². The van der Waals surface area contributed by atoms with E-state index in [1.54, 1.807) is 45.9 Å². The average Bonchev–Trinajstić information content (AvgIpc) is 2.39. The first-order valence-electron chi connectivity index (χ1n) is 7.66. The van der Waals surface area contributed by atoms with Crippen molar-refractivity contribution in [2.45, 2.75) is 53.2 Å². The molecule has 0 radical (unpaired) electrons. The van der Waals surface area contributed by atoms with Crippen molar-refractivity contribution in [1.29, 1.82) is 0 Å². The van der Waals surface area contributed by atoms with Crippen molar-refractivity contribution in [3.63, 3.8) is 0 Å². The molecule has 0 saturated carbocycles. The fraction of sp³-hybridized carbons (Fsp3) is 0.471. The van der Waals surface area contributed by atoms with Gasteiger partial charge in [0.25, 0.3) is 0 Å². The largest absolute Gasteiger partial charge is 0.444 e. The molecule has 0 heterocycles. The summed E-state index contributed by atoms with van der Waals surface area (Å²) in [5.41, 5.74) is 1.38. The van der Waals surface area contributed by atoms with Crippen LogP contribution in [0.2, 0.25) is 0 Å². The predicted octanol–water partition coefficient (Wildman–Crippen LogP) is 2.81. The van der Waals surface area contributed by atoms with Gasteiger partial charge in [0.15, 0.2) is 0 Å². The SMILES string of the molecule is CC(=O)Nc1cc(NC(=O)[C@@H](C)NC(=O)OC(C)(C)C)ccc1C. The number of alkyl carbamates (subject to hydrolysis) is 1. The van der Waals surface area contributed by atoms with Crippen molar-refractivity contribution in [3.8, 4) is 0 Å². The number of hydrogen-bond acceptors (Lipinski definition) is 4. The lowest BCUT2D eigenvalue weighted by Crippen LogP contribution is -2.43. The van der Waals surface area contributed by atoms with Gasteiger partial charge in [0.1, 0.15) is 11.6 Å². The van der Waals surface area contributed by atoms with Gasteiger partial charge in [-0.3, -0.25) is 9.59 Å². The van der Waals surface area contributed by atoms with Crippen molar-refractivity contribution >= 4 is 29.3 Å². The van der Waals surface area contributed by atoms with Crippen LogP contribution in [0.15, 0.2) is 18.2 Å². The second-order valence-electron chi connectivity index (χ2n) is 6.57. The van der Waals surface area contributed by atoms with E-state index in [9.17, 15) is 14.4 Å². The van der Waals surface area contributed by atoms with E-state index in [2.05, 4.69) is 16.0 Å². The summed E-state index contributed by atoms with van der Waals surface area (Å²) in [6, 6.07) is 4.39. The summed E-state index contributed by atoms with van der Waals surface area (Å²) >= 11 is 0. The first-order valence-corrected chi connectivity index (χ1v) is 7.66. The van der Waals surface area contributed by atoms with Crippen molar-refractivity contribution in [2.24, 2.45) is 0 Å². The number of ether oxygens (including phenoxy) is 1. The number of amides is 3. The molecule has 0 aromatic heterocycles. The third kappa shape index (κ3) is 6.68. The molecule has 7 heteroatoms. The summed E-state index contributed by atoms with van der Waals surface area (Å²) in [6.45, 7) is 10.1. The van der Waals surface area contributed by atoms with Crippen LogP contribution in [0, 0.1) is 6.92 Å². The molecule has 0 spiro atoms. The molecule has 1 atom stereocenters. The first-order chi connectivity index (χ1) is 11.0. The molecule has 3 amide bonds. The standard InChI is InChI=1S/C17H25N3O4/c1-10-7-8-13(9-14(10)19-12(3)21)20-15(22)11(2)18-16(23)24-17(4,5)6/h7-9,11H,1-6H3,(H,18,23)(H,19,21)(H,20,22)/t11-/m1/s1. The van der Waals surface area contributed by atoms with Crippen LogP contribution < -0.4 is 16.0 Å². The summed E-state index contributed by atoms with van der Waals surface area (Å²) in [6.07, 6.45) is -0.659. The maximum Gasteiger partial charge on any atom is 0.408 e. The van der Waals surface area contributed by atoms with E-state index in [0.29, 0.717) is 11.4 Å². The summed E-state index contributed by atoms with van der Waals surface area (Å²) in [7, 11) is 0. The van der Waals surface area contributed by atoms with E-state index < -0.39 is 23.6 Å². The van der Waals surface area contributed by atoms with E-state index in [1.807, 2.05) is 6.92 Å². The number of carbonyl (C=O) groups is 3. The molecule has 0 aliphatic heterocycles. The molecule has 7 nitrogen and oxygen atoms in total. The van der Waals surface area contributed by atoms with Gasteiger partial charge in [0, 0.05) is 18.3 Å². The van der Waals surface area contributed by atoms with Crippen molar-refractivity contribution in [1.82, 2.24) is 5.32 Å². The molecule has 24 heavy (non-hydrogen) atoms. The number of carbonyl (C=O) groups excluding carboxylic acids is 3. The Morgan fingerprint density at radius 3 is 2.29 bits per heavy atom. The quantitative estimate of drug-likeness (QED) is 0.788. The Kier molecular flexibility index (Phi) is 6.34. The molecule has 1 rings (SSSR count). The molecule has 3 N–H and O–H groups in total. The van der Waals surface area contributed by atoms with E-state index in [4.69, 9.17) is 4.74 Å². The lowest BCUT2D eigenvalue weighted by atomic mass is 10.1. The molecule has 0 fully saturated rings. The maximum absolute atomic E-state index is 12.2. The fourth-order valence-electron chi connectivity index (χ4n) is 1.82. The summed E-state index contributed by atoms with van der Waals surface area (Å²) < 4.78 is 5.11. The van der Waals surface area contributed by atoms with Crippen LogP contribution in [0.3, 0.4) is 0 Å². The third-order valence-corrected chi connectivity index (χ3v) is 2.94. The zero-order valence-electron chi connectivity index (χ0n) is 14.9. The average molecular weight is 335 g/mol. The Morgan fingerprint density at radius 1 is 1.12 bits per heavy atom. The van der Waals surface area contributed by atoms with E-state index in [-0.39, 0.29) is 5.91 Å². The molecule has 1 aromatic rings. The Bertz CT molecular complexity index is 635. The van der Waals surface area contributed by atoms with E-state index in [0.717, 1.165) is 5.56 Å². The van der Waals surface area contributed by atoms with Gasteiger partial charge in [0.05, 0.1) is 0 Å². The molecule has 0 aliphatic rings. The highest BCUT2D eigenvalue weighted by Gasteiger charge is 2.21. The van der Waals surface area contributed by atoms with Crippen molar-refractivity contribution in [3.05, 3.63) is 23.8 Å². The van der Waals surface area contributed by atoms with E-state index >= 15 is 0 Å². The number of aryl methyl sites for hydroxylation is 1. The third-order valence-electron chi connectivity index (χ3n) is 2.94. The zero-order chi connectivity index (χ0) is 18.5. The van der Waals surface area contributed by atoms with Gasteiger partial charge in [-0.15, -0.1) is 0 Å². The zero-order valence-corrected chi connectivity index (χ0v) is 14.9. The second-order valence-corrected chi connectivity index (χ2v) is 6.57. The molecule has 1 aromatic carbocycles. The molecule has 0 saturated heterocycles. The highest BCUT2D eigenvalue weighted by molar-refractivity contribution is 5.97. The Morgan fingerprint density at radius 2 is 1.75 bits per heavy atom. The lowest BCUT2D eigenvalue weighted by molar-refractivity contribution is -0.117. The van der Waals surface area contributed by atoms with Gasteiger partial charge in [-0.25, -0.2) is 4.79 Å². The molecular formula is C17H25N3O4. The number of hydrogen-bond donors (Lipinski definition) is 3. The molecule has 0 unspecified atom stereocenters. The summed E-state index contributed by atoms with van der Waals surface area (Å²) in [5, 5.41) is 7.86. The smallest absolute Gasteiger partial charge is 0.408 e. The number of anilines is 2. The number of benzene rings is 1. The highest BCUT2D eigenvalue weighted by Crippen LogP contribution is 2.20. The predicted molar refractivity (Wildman–Crippen MR) is 92.9 cm³/mol. The van der Waals surface area contributed by atoms with Crippen LogP contribution in [0.25, 0.3) is 0 Å². The van der Waals surface area contributed by atoms with Crippen LogP contribution in [0.1, 0.15) is 40.2 Å². The Labute approximate surface area is 142 Å². The molecule has 0 bridgehead atoms. The number of nitrogens with one attached hydrogen (secondary N) is 3. The highest BCUT2D eigenvalue weighted by atomic mass is 16.6. The molecule has 132 valence electrons. The van der Waals surface area contributed by atoms with Crippen LogP contribution >= 0.6 is 0 Å². The van der Waals surface area contributed by atoms with Crippen molar-refractivity contribution < 1.29 is 19.1 Å². The van der Waals surface area contributed by atoms with Crippen LogP contribution in [0.4, 0.5) is 16.2 Å². The van der Waals surface area contributed by atoms with Crippen molar-refractivity contribution in [2.75, 3.05) is 10.6 Å². The lowest BCUT2D eigenvalue weighted by Gasteiger charge is -2.21. The van der Waals surface area contributed by atoms with Gasteiger partial charge in [-0.2, -0.15) is 0 Å². The minimum Gasteiger partial charge on any atom is -0.444 e. The molecular weight excluding hydrogens is 310 g/mol. The van der Waals surface area contributed by atoms with Gasteiger partial charge in [-0.1, -0.05) is 6.07 Å². The summed E-state index contributed by atoms with van der Waals surface area (Å²) in [5.74, 6) is -0.583. The van der Waals surface area contributed by atoms with E-state index in [1.165, 1.54) is 6.92 Å². The Hall–Kier alpha value is -2.57. The topological polar surface area (TPSA) is 96.5 Å². The van der Waals surface area contributed by atoms with Gasteiger partial charge in [0.2, 0.25) is 11.8 Å². The normalized spacial score (nSPS) is 12.1. The minimum absolute atomic E-state index is 0.193. The van der Waals surface area contributed by atoms with Crippen LogP contribution in [-0.4, -0.2) is 29.6 Å². The first kappa shape index (κ1) is 19.5. The molecule has 0 aliphatic carbocycles. The maximum atomic E-state index is 12.2. The fourth-order valence-corrected chi connectivity index (χ4v) is 1.82. The number of rotatable bonds is 4. The van der Waals surface area contributed by atoms with Gasteiger partial charge in [-0.05, 0) is 52.3 Å². The second kappa shape index (κ2) is 7.81. The monoisotopic (exact) mass is 335 g/mol.